The summed E-state index contributed by atoms with van der Waals surface area (Å²) in [4.78, 5) is 31.4. The number of aromatic nitrogens is 2. The van der Waals surface area contributed by atoms with Gasteiger partial charge in [0.05, 0.1) is 0 Å². The highest BCUT2D eigenvalue weighted by Gasteiger charge is 2.40. The normalized spacial score (nSPS) is 20.0. The number of hydrogen-bond donors (Lipinski definition) is 1. The predicted molar refractivity (Wildman–Crippen MR) is 101 cm³/mol. The molecule has 1 saturated heterocycles. The molecule has 3 rings (SSSR count). The number of carbonyl (C=O) groups is 2. The van der Waals surface area contributed by atoms with Crippen LogP contribution in [0.15, 0.2) is 28.8 Å². The number of halogens is 1. The number of benzene rings is 1. The van der Waals surface area contributed by atoms with E-state index in [4.69, 9.17) is 4.52 Å². The Morgan fingerprint density at radius 1 is 1.29 bits per heavy atom. The molecule has 1 N–H and O–H groups in total. The zero-order valence-electron chi connectivity index (χ0n) is 16.5. The van der Waals surface area contributed by atoms with Crippen molar-refractivity contribution in [1.82, 2.24) is 20.4 Å². The van der Waals surface area contributed by atoms with Gasteiger partial charge in [0, 0.05) is 18.2 Å². The molecule has 1 fully saturated rings. The summed E-state index contributed by atoms with van der Waals surface area (Å²) in [5, 5.41) is 6.84. The quantitative estimate of drug-likeness (QED) is 0.851. The average Bonchev–Trinajstić information content (AvgIpc) is 3.13. The van der Waals surface area contributed by atoms with Crippen molar-refractivity contribution in [3.63, 3.8) is 0 Å². The smallest absolute Gasteiger partial charge is 0.316 e. The highest BCUT2D eigenvalue weighted by atomic mass is 19.1. The molecule has 1 aliphatic rings. The summed E-state index contributed by atoms with van der Waals surface area (Å²) < 4.78 is 18.3. The molecule has 8 heteroatoms. The standard InChI is InChI=1S/C20H25FN4O3/c1-11(2)9-16-18(26)22-15(12(3)4)10-25(16)20(27)19-23-17(24-28-19)13-5-7-14(21)8-6-13/h5-8,11-12,15-16H,9-10H2,1-4H3,(H,22,26)/t15-,16+/m1/s1. The summed E-state index contributed by atoms with van der Waals surface area (Å²) in [6.45, 7) is 8.38. The molecular weight excluding hydrogens is 363 g/mol. The van der Waals surface area contributed by atoms with Gasteiger partial charge in [0.25, 0.3) is 0 Å². The van der Waals surface area contributed by atoms with Crippen molar-refractivity contribution >= 4 is 11.8 Å². The Morgan fingerprint density at radius 2 is 1.96 bits per heavy atom. The maximum Gasteiger partial charge on any atom is 0.316 e. The van der Waals surface area contributed by atoms with Crippen molar-refractivity contribution in [1.29, 1.82) is 0 Å². The van der Waals surface area contributed by atoms with E-state index >= 15 is 0 Å². The zero-order valence-corrected chi connectivity index (χ0v) is 16.5. The fourth-order valence-corrected chi connectivity index (χ4v) is 3.24. The maximum absolute atomic E-state index is 13.1. The monoisotopic (exact) mass is 388 g/mol. The van der Waals surface area contributed by atoms with Crippen LogP contribution in [0.2, 0.25) is 0 Å². The van der Waals surface area contributed by atoms with Gasteiger partial charge in [0.15, 0.2) is 0 Å². The summed E-state index contributed by atoms with van der Waals surface area (Å²) >= 11 is 0. The number of nitrogens with zero attached hydrogens (tertiary/aromatic N) is 3. The van der Waals surface area contributed by atoms with Crippen LogP contribution in [0.3, 0.4) is 0 Å². The first-order valence-electron chi connectivity index (χ1n) is 9.47. The number of amides is 2. The number of rotatable bonds is 5. The molecule has 7 nitrogen and oxygen atoms in total. The summed E-state index contributed by atoms with van der Waals surface area (Å²) in [5.74, 6) is -0.567. The minimum absolute atomic E-state index is 0.139. The largest absolute Gasteiger partial charge is 0.350 e. The van der Waals surface area contributed by atoms with Crippen molar-refractivity contribution in [2.75, 3.05) is 6.54 Å². The molecule has 150 valence electrons. The Morgan fingerprint density at radius 3 is 2.57 bits per heavy atom. The molecule has 0 aliphatic carbocycles. The molecule has 0 unspecified atom stereocenters. The van der Waals surface area contributed by atoms with Crippen molar-refractivity contribution in [2.24, 2.45) is 11.8 Å². The first-order valence-corrected chi connectivity index (χ1v) is 9.47. The van der Waals surface area contributed by atoms with Gasteiger partial charge in [-0.25, -0.2) is 4.39 Å². The van der Waals surface area contributed by atoms with Crippen LogP contribution in [0.4, 0.5) is 4.39 Å². The summed E-state index contributed by atoms with van der Waals surface area (Å²) in [5.41, 5.74) is 0.541. The van der Waals surface area contributed by atoms with Crippen molar-refractivity contribution in [3.05, 3.63) is 36.0 Å². The van der Waals surface area contributed by atoms with Gasteiger partial charge >= 0.3 is 11.8 Å². The van der Waals surface area contributed by atoms with Crippen LogP contribution in [-0.4, -0.2) is 45.5 Å². The molecule has 2 heterocycles. The minimum Gasteiger partial charge on any atom is -0.350 e. The summed E-state index contributed by atoms with van der Waals surface area (Å²) in [7, 11) is 0. The predicted octanol–water partition coefficient (Wildman–Crippen LogP) is 2.89. The Labute approximate surface area is 163 Å². The summed E-state index contributed by atoms with van der Waals surface area (Å²) in [6, 6.07) is 4.88. The van der Waals surface area contributed by atoms with E-state index in [1.807, 2.05) is 27.7 Å². The van der Waals surface area contributed by atoms with Crippen LogP contribution in [0, 0.1) is 17.7 Å². The van der Waals surface area contributed by atoms with Gasteiger partial charge in [-0.2, -0.15) is 4.98 Å². The second-order valence-electron chi connectivity index (χ2n) is 7.89. The van der Waals surface area contributed by atoms with Crippen LogP contribution < -0.4 is 5.32 Å². The molecular formula is C20H25FN4O3. The molecule has 0 spiro atoms. The topological polar surface area (TPSA) is 88.3 Å². The molecule has 1 aromatic heterocycles. The van der Waals surface area contributed by atoms with E-state index in [2.05, 4.69) is 15.5 Å². The van der Waals surface area contributed by atoms with Crippen molar-refractivity contribution in [2.45, 2.75) is 46.2 Å². The third-order valence-corrected chi connectivity index (χ3v) is 4.87. The van der Waals surface area contributed by atoms with Gasteiger partial charge in [-0.05, 0) is 42.5 Å². The zero-order chi connectivity index (χ0) is 20.4. The second kappa shape index (κ2) is 8.08. The maximum atomic E-state index is 13.1. The van der Waals surface area contributed by atoms with Gasteiger partial charge in [-0.3, -0.25) is 9.59 Å². The first-order chi connectivity index (χ1) is 13.3. The van der Waals surface area contributed by atoms with Gasteiger partial charge in [0.2, 0.25) is 11.7 Å². The second-order valence-corrected chi connectivity index (χ2v) is 7.89. The van der Waals surface area contributed by atoms with E-state index in [0.717, 1.165) is 0 Å². The lowest BCUT2D eigenvalue weighted by molar-refractivity contribution is -0.130. The Balaban J connectivity index is 1.87. The van der Waals surface area contributed by atoms with E-state index in [0.29, 0.717) is 18.5 Å². The van der Waals surface area contributed by atoms with Gasteiger partial charge in [-0.1, -0.05) is 32.9 Å². The molecule has 2 aromatic rings. The first kappa shape index (κ1) is 20.0. The van der Waals surface area contributed by atoms with E-state index < -0.39 is 11.9 Å². The molecule has 28 heavy (non-hydrogen) atoms. The average molecular weight is 388 g/mol. The Kier molecular flexibility index (Phi) is 5.76. The summed E-state index contributed by atoms with van der Waals surface area (Å²) in [6.07, 6.45) is 0.543. The molecule has 0 radical (unpaired) electrons. The SMILES string of the molecule is CC(C)C[C@H]1C(=O)N[C@@H](C(C)C)CN1C(=O)c1nc(-c2ccc(F)cc2)no1. The van der Waals surface area contributed by atoms with E-state index in [1.54, 1.807) is 0 Å². The van der Waals surface area contributed by atoms with Gasteiger partial charge in [0.1, 0.15) is 11.9 Å². The Bertz CT molecular complexity index is 847. The molecule has 2 atom stereocenters. The van der Waals surface area contributed by atoms with E-state index in [1.165, 1.54) is 29.2 Å². The third kappa shape index (κ3) is 4.21. The van der Waals surface area contributed by atoms with Gasteiger partial charge in [-0.15, -0.1) is 0 Å². The fourth-order valence-electron chi connectivity index (χ4n) is 3.24. The lowest BCUT2D eigenvalue weighted by Gasteiger charge is -2.40. The molecule has 2 amide bonds. The van der Waals surface area contributed by atoms with Crippen LogP contribution in [0.5, 0.6) is 0 Å². The third-order valence-electron chi connectivity index (χ3n) is 4.87. The van der Waals surface area contributed by atoms with Crippen molar-refractivity contribution in [3.8, 4) is 11.4 Å². The number of carbonyl (C=O) groups excluding carboxylic acids is 2. The van der Waals surface area contributed by atoms with Crippen LogP contribution in [0.1, 0.15) is 44.8 Å². The highest BCUT2D eigenvalue weighted by molar-refractivity contribution is 5.95. The Hall–Kier alpha value is -2.77. The lowest BCUT2D eigenvalue weighted by atomic mass is 9.94. The molecule has 0 bridgehead atoms. The number of piperazine rings is 1. The number of hydrogen-bond acceptors (Lipinski definition) is 5. The fraction of sp³-hybridized carbons (Fsp3) is 0.500. The van der Waals surface area contributed by atoms with Crippen LogP contribution >= 0.6 is 0 Å². The minimum atomic E-state index is -0.580. The number of nitrogens with one attached hydrogen (secondary N) is 1. The molecule has 1 aliphatic heterocycles. The molecule has 0 saturated carbocycles. The van der Waals surface area contributed by atoms with E-state index in [-0.39, 0.29) is 41.3 Å². The lowest BCUT2D eigenvalue weighted by Crippen LogP contribution is -2.63. The molecule has 1 aromatic carbocycles. The van der Waals surface area contributed by atoms with Gasteiger partial charge < -0.3 is 14.7 Å². The van der Waals surface area contributed by atoms with E-state index in [9.17, 15) is 14.0 Å². The van der Waals surface area contributed by atoms with Crippen LogP contribution in [0.25, 0.3) is 11.4 Å². The van der Waals surface area contributed by atoms with Crippen LogP contribution in [-0.2, 0) is 4.79 Å². The van der Waals surface area contributed by atoms with Crippen molar-refractivity contribution < 1.29 is 18.5 Å². The highest BCUT2D eigenvalue weighted by Crippen LogP contribution is 2.23.